The number of piperidine rings is 1. The SMILES string of the molecule is COc1ccc(-c2c(C(=O)c3ccc(OCCN4CCCCC4)cc3)c3ccc(OC)cc3oc2=O)cc1. The van der Waals surface area contributed by atoms with Crippen LogP contribution in [-0.2, 0) is 0 Å². The lowest BCUT2D eigenvalue weighted by molar-refractivity contribution is 0.104. The van der Waals surface area contributed by atoms with Crippen molar-refractivity contribution in [1.29, 1.82) is 0 Å². The van der Waals surface area contributed by atoms with E-state index in [-0.39, 0.29) is 22.5 Å². The van der Waals surface area contributed by atoms with Crippen molar-refractivity contribution in [3.63, 3.8) is 0 Å². The smallest absolute Gasteiger partial charge is 0.344 e. The van der Waals surface area contributed by atoms with Gasteiger partial charge in [-0.3, -0.25) is 9.69 Å². The maximum atomic E-state index is 13.9. The van der Waals surface area contributed by atoms with Gasteiger partial charge in [-0.1, -0.05) is 18.6 Å². The highest BCUT2D eigenvalue weighted by Gasteiger charge is 2.24. The highest BCUT2D eigenvalue weighted by Crippen LogP contribution is 2.32. The van der Waals surface area contributed by atoms with Crippen LogP contribution in [0.15, 0.2) is 75.9 Å². The topological polar surface area (TPSA) is 78.2 Å². The van der Waals surface area contributed by atoms with E-state index in [9.17, 15) is 9.59 Å². The summed E-state index contributed by atoms with van der Waals surface area (Å²) < 4.78 is 22.1. The van der Waals surface area contributed by atoms with Crippen molar-refractivity contribution in [3.8, 4) is 28.4 Å². The summed E-state index contributed by atoms with van der Waals surface area (Å²) in [7, 11) is 3.11. The highest BCUT2D eigenvalue weighted by molar-refractivity contribution is 6.19. The molecule has 1 fully saturated rings. The number of hydrogen-bond acceptors (Lipinski definition) is 7. The van der Waals surface area contributed by atoms with Gasteiger partial charge < -0.3 is 18.6 Å². The van der Waals surface area contributed by atoms with E-state index in [2.05, 4.69) is 4.90 Å². The van der Waals surface area contributed by atoms with Crippen LogP contribution in [0.1, 0.15) is 35.2 Å². The van der Waals surface area contributed by atoms with Crippen molar-refractivity contribution in [3.05, 3.63) is 88.3 Å². The Morgan fingerprint density at radius 2 is 1.50 bits per heavy atom. The summed E-state index contributed by atoms with van der Waals surface area (Å²) in [5.41, 5.74) is 1.19. The van der Waals surface area contributed by atoms with Gasteiger partial charge in [-0.05, 0) is 80.0 Å². The average molecular weight is 514 g/mol. The average Bonchev–Trinajstić information content (AvgIpc) is 2.97. The van der Waals surface area contributed by atoms with Crippen molar-refractivity contribution in [1.82, 2.24) is 4.90 Å². The standard InChI is InChI=1S/C31H31NO6/c1-35-23-10-6-21(7-11-23)28-29(26-15-14-25(36-2)20-27(26)38-31(28)34)30(33)22-8-12-24(13-9-22)37-19-18-32-16-4-3-5-17-32/h6-15,20H,3-5,16-19H2,1-2H3. The predicted octanol–water partition coefficient (Wildman–Crippen LogP) is 5.57. The maximum Gasteiger partial charge on any atom is 0.344 e. The molecule has 196 valence electrons. The first-order valence-corrected chi connectivity index (χ1v) is 12.9. The Morgan fingerprint density at radius 1 is 0.842 bits per heavy atom. The molecule has 1 aromatic heterocycles. The number of carbonyl (C=O) groups excluding carboxylic acids is 1. The number of fused-ring (bicyclic) bond motifs is 1. The molecule has 0 bridgehead atoms. The minimum Gasteiger partial charge on any atom is -0.497 e. The minimum absolute atomic E-state index is 0.206. The van der Waals surface area contributed by atoms with Crippen molar-refractivity contribution in [2.45, 2.75) is 19.3 Å². The number of carbonyl (C=O) groups is 1. The summed E-state index contributed by atoms with van der Waals surface area (Å²) in [5, 5.41) is 0.531. The molecule has 0 spiro atoms. The van der Waals surface area contributed by atoms with Gasteiger partial charge in [0.1, 0.15) is 29.4 Å². The molecule has 5 rings (SSSR count). The molecule has 1 saturated heterocycles. The quantitative estimate of drug-likeness (QED) is 0.214. The molecule has 0 amide bonds. The van der Waals surface area contributed by atoms with Gasteiger partial charge in [0.2, 0.25) is 0 Å². The Morgan fingerprint density at radius 3 is 2.18 bits per heavy atom. The van der Waals surface area contributed by atoms with Gasteiger partial charge in [0.15, 0.2) is 5.78 Å². The molecule has 1 aliphatic heterocycles. The second-order valence-corrected chi connectivity index (χ2v) is 9.33. The van der Waals surface area contributed by atoms with Crippen molar-refractivity contribution in [2.75, 3.05) is 40.5 Å². The monoisotopic (exact) mass is 513 g/mol. The van der Waals surface area contributed by atoms with Crippen molar-refractivity contribution in [2.24, 2.45) is 0 Å². The maximum absolute atomic E-state index is 13.9. The molecule has 0 saturated carbocycles. The third-order valence-electron chi connectivity index (χ3n) is 6.96. The summed E-state index contributed by atoms with van der Waals surface area (Å²) in [5.74, 6) is 1.60. The summed E-state index contributed by atoms with van der Waals surface area (Å²) >= 11 is 0. The summed E-state index contributed by atoms with van der Waals surface area (Å²) in [6, 6.07) is 19.2. The number of methoxy groups -OCH3 is 2. The van der Waals surface area contributed by atoms with E-state index in [0.29, 0.717) is 40.4 Å². The van der Waals surface area contributed by atoms with Gasteiger partial charge in [0.25, 0.3) is 0 Å². The molecule has 38 heavy (non-hydrogen) atoms. The molecule has 1 aliphatic rings. The van der Waals surface area contributed by atoms with Crippen molar-refractivity contribution < 1.29 is 23.4 Å². The fraction of sp³-hybridized carbons (Fsp3) is 0.290. The molecule has 3 aromatic carbocycles. The lowest BCUT2D eigenvalue weighted by Gasteiger charge is -2.26. The third kappa shape index (κ3) is 5.43. The molecular formula is C31H31NO6. The predicted molar refractivity (Wildman–Crippen MR) is 147 cm³/mol. The lowest BCUT2D eigenvalue weighted by Crippen LogP contribution is -2.33. The minimum atomic E-state index is -0.600. The molecule has 0 radical (unpaired) electrons. The summed E-state index contributed by atoms with van der Waals surface area (Å²) in [4.78, 5) is 29.6. The van der Waals surface area contributed by atoms with E-state index in [1.807, 2.05) is 0 Å². The molecule has 4 aromatic rings. The zero-order valence-electron chi connectivity index (χ0n) is 21.7. The molecule has 0 N–H and O–H groups in total. The van der Waals surface area contributed by atoms with Crippen LogP contribution in [0.4, 0.5) is 0 Å². The molecular weight excluding hydrogens is 482 g/mol. The number of ether oxygens (including phenoxy) is 3. The van der Waals surface area contributed by atoms with Gasteiger partial charge in [0.05, 0.1) is 19.8 Å². The second-order valence-electron chi connectivity index (χ2n) is 9.33. The zero-order chi connectivity index (χ0) is 26.5. The van der Waals surface area contributed by atoms with Crippen LogP contribution in [0.5, 0.6) is 17.2 Å². The number of benzene rings is 3. The normalized spacial score (nSPS) is 13.8. The molecule has 0 aliphatic carbocycles. The van der Waals surface area contributed by atoms with Crippen LogP contribution in [0, 0.1) is 0 Å². The fourth-order valence-corrected chi connectivity index (χ4v) is 4.89. The zero-order valence-corrected chi connectivity index (χ0v) is 21.7. The third-order valence-corrected chi connectivity index (χ3v) is 6.96. The Labute approximate surface area is 221 Å². The largest absolute Gasteiger partial charge is 0.497 e. The number of rotatable bonds is 9. The molecule has 0 unspecified atom stereocenters. The Bertz CT molecular complexity index is 1470. The Balaban J connectivity index is 1.47. The van der Waals surface area contributed by atoms with Crippen molar-refractivity contribution >= 4 is 16.8 Å². The van der Waals surface area contributed by atoms with Gasteiger partial charge in [-0.25, -0.2) is 4.79 Å². The first-order valence-electron chi connectivity index (χ1n) is 12.9. The molecule has 7 heteroatoms. The number of ketones is 1. The summed E-state index contributed by atoms with van der Waals surface area (Å²) in [6.07, 6.45) is 3.79. The molecule has 7 nitrogen and oxygen atoms in total. The first-order chi connectivity index (χ1) is 18.6. The van der Waals surface area contributed by atoms with Crippen LogP contribution in [0.3, 0.4) is 0 Å². The van der Waals surface area contributed by atoms with Gasteiger partial charge in [-0.2, -0.15) is 0 Å². The van der Waals surface area contributed by atoms with Crippen LogP contribution < -0.4 is 19.8 Å². The van der Waals surface area contributed by atoms with E-state index in [1.54, 1.807) is 73.8 Å². The van der Waals surface area contributed by atoms with E-state index in [0.717, 1.165) is 19.6 Å². The number of nitrogens with zero attached hydrogens (tertiary/aromatic N) is 1. The van der Waals surface area contributed by atoms with E-state index in [1.165, 1.54) is 26.4 Å². The van der Waals surface area contributed by atoms with Crippen LogP contribution in [-0.4, -0.2) is 51.1 Å². The van der Waals surface area contributed by atoms with Gasteiger partial charge >= 0.3 is 5.63 Å². The van der Waals surface area contributed by atoms with E-state index >= 15 is 0 Å². The molecule has 0 atom stereocenters. The van der Waals surface area contributed by atoms with Gasteiger partial charge in [-0.15, -0.1) is 0 Å². The van der Waals surface area contributed by atoms with E-state index in [4.69, 9.17) is 18.6 Å². The number of hydrogen-bond donors (Lipinski definition) is 0. The van der Waals surface area contributed by atoms with Crippen LogP contribution in [0.2, 0.25) is 0 Å². The Hall–Kier alpha value is -4.10. The van der Waals surface area contributed by atoms with Gasteiger partial charge in [0, 0.05) is 29.1 Å². The van der Waals surface area contributed by atoms with Crippen LogP contribution in [0.25, 0.3) is 22.1 Å². The van der Waals surface area contributed by atoms with Crippen LogP contribution >= 0.6 is 0 Å². The number of likely N-dealkylation sites (tertiary alicyclic amines) is 1. The first kappa shape index (κ1) is 25.5. The highest BCUT2D eigenvalue weighted by atomic mass is 16.5. The second kappa shape index (κ2) is 11.5. The molecule has 2 heterocycles. The lowest BCUT2D eigenvalue weighted by atomic mass is 9.92. The fourth-order valence-electron chi connectivity index (χ4n) is 4.89. The van der Waals surface area contributed by atoms with E-state index < -0.39 is 5.63 Å². The Kier molecular flexibility index (Phi) is 7.75. The summed E-state index contributed by atoms with van der Waals surface area (Å²) in [6.45, 7) is 3.73.